The Bertz CT molecular complexity index is 580. The highest BCUT2D eigenvalue weighted by molar-refractivity contribution is 5.69. The highest BCUT2D eigenvalue weighted by Crippen LogP contribution is 2.18. The number of pyridine rings is 1. The van der Waals surface area contributed by atoms with Gasteiger partial charge < -0.3 is 19.9 Å². The van der Waals surface area contributed by atoms with Crippen LogP contribution in [0.15, 0.2) is 10.9 Å². The van der Waals surface area contributed by atoms with Gasteiger partial charge in [-0.05, 0) is 19.4 Å². The zero-order valence-corrected chi connectivity index (χ0v) is 13.2. The van der Waals surface area contributed by atoms with Gasteiger partial charge in [0.1, 0.15) is 0 Å². The Hall–Kier alpha value is -1.86. The molecule has 7 nitrogen and oxygen atoms in total. The van der Waals surface area contributed by atoms with Crippen molar-refractivity contribution in [1.29, 1.82) is 0 Å². The van der Waals surface area contributed by atoms with Gasteiger partial charge in [-0.25, -0.2) is 0 Å². The van der Waals surface area contributed by atoms with E-state index in [9.17, 15) is 19.8 Å². The summed E-state index contributed by atoms with van der Waals surface area (Å²) in [6.07, 6.45) is 0.810. The van der Waals surface area contributed by atoms with Crippen LogP contribution in [0.3, 0.4) is 0 Å². The van der Waals surface area contributed by atoms with E-state index in [1.54, 1.807) is 11.6 Å². The lowest BCUT2D eigenvalue weighted by atomic mass is 10.1. The summed E-state index contributed by atoms with van der Waals surface area (Å²) in [6.45, 7) is 4.23. The van der Waals surface area contributed by atoms with Crippen LogP contribution in [0.4, 0.5) is 0 Å². The van der Waals surface area contributed by atoms with Crippen LogP contribution in [0.25, 0.3) is 0 Å². The number of hydrogen-bond donors (Lipinski definition) is 3. The third kappa shape index (κ3) is 4.85. The maximum absolute atomic E-state index is 11.8. The first-order valence-corrected chi connectivity index (χ1v) is 7.22. The van der Waals surface area contributed by atoms with E-state index in [4.69, 9.17) is 5.11 Å². The van der Waals surface area contributed by atoms with E-state index in [0.29, 0.717) is 23.9 Å². The van der Waals surface area contributed by atoms with Crippen molar-refractivity contribution in [3.63, 3.8) is 0 Å². The van der Waals surface area contributed by atoms with E-state index >= 15 is 0 Å². The first-order chi connectivity index (χ1) is 10.3. The van der Waals surface area contributed by atoms with Crippen molar-refractivity contribution in [3.05, 3.63) is 27.7 Å². The third-order valence-electron chi connectivity index (χ3n) is 3.39. The maximum Gasteiger partial charge on any atom is 0.317 e. The Balaban J connectivity index is 3.22. The monoisotopic (exact) mass is 312 g/mol. The van der Waals surface area contributed by atoms with Gasteiger partial charge in [0.15, 0.2) is 5.75 Å². The van der Waals surface area contributed by atoms with Crippen molar-refractivity contribution >= 4 is 5.97 Å². The molecule has 0 unspecified atom stereocenters. The fraction of sp³-hybridized carbons (Fsp3) is 0.600. The second kappa shape index (κ2) is 7.95. The van der Waals surface area contributed by atoms with Gasteiger partial charge in [-0.3, -0.25) is 14.5 Å². The number of nitrogens with zero attached hydrogens (tertiary/aromatic N) is 2. The van der Waals surface area contributed by atoms with Crippen LogP contribution in [0.2, 0.25) is 0 Å². The quantitative estimate of drug-likeness (QED) is 0.650. The number of aromatic nitrogens is 1. The fourth-order valence-corrected chi connectivity index (χ4v) is 2.24. The summed E-state index contributed by atoms with van der Waals surface area (Å²) in [6, 6.07) is 1.22. The van der Waals surface area contributed by atoms with Gasteiger partial charge in [0.05, 0.1) is 18.8 Å². The van der Waals surface area contributed by atoms with Gasteiger partial charge in [-0.2, -0.15) is 0 Å². The molecule has 1 aromatic heterocycles. The minimum atomic E-state index is -0.989. The van der Waals surface area contributed by atoms with Crippen LogP contribution in [-0.2, 0) is 24.5 Å². The molecule has 0 aromatic carbocycles. The van der Waals surface area contributed by atoms with Gasteiger partial charge in [0.2, 0.25) is 5.43 Å². The SMILES string of the molecule is CC(C)CCn1c(CO)cc(=O)c(O)c1CN(C)CC(=O)O. The zero-order valence-electron chi connectivity index (χ0n) is 13.2. The first kappa shape index (κ1) is 18.2. The van der Waals surface area contributed by atoms with Crippen molar-refractivity contribution < 1.29 is 20.1 Å². The Labute approximate surface area is 129 Å². The molecule has 0 aliphatic carbocycles. The van der Waals surface area contributed by atoms with E-state index in [2.05, 4.69) is 13.8 Å². The largest absolute Gasteiger partial charge is 0.503 e. The van der Waals surface area contributed by atoms with Crippen molar-refractivity contribution in [1.82, 2.24) is 9.47 Å². The van der Waals surface area contributed by atoms with Crippen LogP contribution in [-0.4, -0.2) is 44.3 Å². The van der Waals surface area contributed by atoms with Gasteiger partial charge in [-0.15, -0.1) is 0 Å². The molecular weight excluding hydrogens is 288 g/mol. The number of aliphatic carboxylic acids is 1. The molecule has 0 aliphatic heterocycles. The molecule has 7 heteroatoms. The van der Waals surface area contributed by atoms with Crippen LogP contribution in [0, 0.1) is 5.92 Å². The van der Waals surface area contributed by atoms with E-state index in [1.807, 2.05) is 0 Å². The number of aliphatic hydroxyl groups is 1. The number of rotatable bonds is 8. The zero-order chi connectivity index (χ0) is 16.9. The van der Waals surface area contributed by atoms with Crippen molar-refractivity contribution in [2.75, 3.05) is 13.6 Å². The molecule has 0 fully saturated rings. The summed E-state index contributed by atoms with van der Waals surface area (Å²) >= 11 is 0. The Morgan fingerprint density at radius 1 is 1.41 bits per heavy atom. The van der Waals surface area contributed by atoms with Crippen LogP contribution in [0.5, 0.6) is 5.75 Å². The molecule has 0 bridgehead atoms. The maximum atomic E-state index is 11.8. The number of aromatic hydroxyl groups is 1. The van der Waals surface area contributed by atoms with E-state index in [-0.39, 0.29) is 19.7 Å². The van der Waals surface area contributed by atoms with Gasteiger partial charge in [0, 0.05) is 24.8 Å². The molecule has 0 radical (unpaired) electrons. The van der Waals surface area contributed by atoms with Gasteiger partial charge in [-0.1, -0.05) is 13.8 Å². The molecule has 0 saturated carbocycles. The van der Waals surface area contributed by atoms with Gasteiger partial charge >= 0.3 is 5.97 Å². The van der Waals surface area contributed by atoms with Crippen LogP contribution in [0.1, 0.15) is 31.7 Å². The molecule has 0 spiro atoms. The lowest BCUT2D eigenvalue weighted by molar-refractivity contribution is -0.138. The molecule has 1 aromatic rings. The third-order valence-corrected chi connectivity index (χ3v) is 3.39. The number of hydrogen-bond acceptors (Lipinski definition) is 5. The molecule has 1 rings (SSSR count). The summed E-state index contributed by atoms with van der Waals surface area (Å²) < 4.78 is 1.70. The second-order valence-electron chi connectivity index (χ2n) is 5.85. The van der Waals surface area contributed by atoms with Gasteiger partial charge in [0.25, 0.3) is 0 Å². The Morgan fingerprint density at radius 2 is 2.05 bits per heavy atom. The summed E-state index contributed by atoms with van der Waals surface area (Å²) in [5.74, 6) is -0.965. The van der Waals surface area contributed by atoms with E-state index in [1.165, 1.54) is 11.0 Å². The average molecular weight is 312 g/mol. The molecule has 3 N–H and O–H groups in total. The Morgan fingerprint density at radius 3 is 2.55 bits per heavy atom. The standard InChI is InChI=1S/C15H24N2O5/c1-10(2)4-5-17-11(9-18)6-13(19)15(22)12(17)7-16(3)8-14(20)21/h6,10,18,22H,4-5,7-9H2,1-3H3,(H,20,21). The summed E-state index contributed by atoms with van der Waals surface area (Å²) in [7, 11) is 1.59. The predicted molar refractivity (Wildman–Crippen MR) is 81.7 cm³/mol. The van der Waals surface area contributed by atoms with Crippen molar-refractivity contribution in [2.24, 2.45) is 5.92 Å². The summed E-state index contributed by atoms with van der Waals surface area (Å²) in [5, 5.41) is 28.3. The predicted octanol–water partition coefficient (Wildman–Crippen LogP) is 0.609. The van der Waals surface area contributed by atoms with E-state index < -0.39 is 17.1 Å². The van der Waals surface area contributed by atoms with Crippen LogP contribution >= 0.6 is 0 Å². The number of carboxylic acids is 1. The summed E-state index contributed by atoms with van der Waals surface area (Å²) in [4.78, 5) is 24.1. The molecule has 0 atom stereocenters. The number of likely N-dealkylation sites (N-methyl/N-ethyl adjacent to an activating group) is 1. The lowest BCUT2D eigenvalue weighted by Gasteiger charge is -2.23. The molecule has 0 aliphatic rings. The second-order valence-corrected chi connectivity index (χ2v) is 5.85. The number of carbonyl (C=O) groups is 1. The average Bonchev–Trinajstić information content (AvgIpc) is 2.41. The number of aliphatic hydroxyl groups excluding tert-OH is 1. The topological polar surface area (TPSA) is 103 Å². The minimum absolute atomic E-state index is 0.110. The number of carboxylic acid groups (broad SMARTS) is 1. The highest BCUT2D eigenvalue weighted by atomic mass is 16.4. The van der Waals surface area contributed by atoms with Crippen molar-refractivity contribution in [2.45, 2.75) is 40.0 Å². The smallest absolute Gasteiger partial charge is 0.317 e. The Kier molecular flexibility index (Phi) is 6.58. The van der Waals surface area contributed by atoms with E-state index in [0.717, 1.165) is 6.42 Å². The summed E-state index contributed by atoms with van der Waals surface area (Å²) in [5.41, 5.74) is 0.187. The molecule has 1 heterocycles. The molecule has 0 saturated heterocycles. The first-order valence-electron chi connectivity index (χ1n) is 7.22. The van der Waals surface area contributed by atoms with Crippen LogP contribution < -0.4 is 5.43 Å². The molecule has 124 valence electrons. The van der Waals surface area contributed by atoms with Crippen molar-refractivity contribution in [3.8, 4) is 5.75 Å². The minimum Gasteiger partial charge on any atom is -0.503 e. The molecule has 22 heavy (non-hydrogen) atoms. The lowest BCUT2D eigenvalue weighted by Crippen LogP contribution is -2.29. The normalized spacial score (nSPS) is 11.4. The fourth-order valence-electron chi connectivity index (χ4n) is 2.24. The molecular formula is C15H24N2O5. The highest BCUT2D eigenvalue weighted by Gasteiger charge is 2.17. The molecule has 0 amide bonds.